The van der Waals surface area contributed by atoms with Gasteiger partial charge in [-0.2, -0.15) is 0 Å². The zero-order chi connectivity index (χ0) is 10.7. The van der Waals surface area contributed by atoms with Crippen LogP contribution in [0.3, 0.4) is 0 Å². The minimum atomic E-state index is -2.46. The monoisotopic (exact) mass is 214 g/mol. The minimum Gasteiger partial charge on any atom is -0.270 e. The highest BCUT2D eigenvalue weighted by atomic mass is 31.1. The Morgan fingerprint density at radius 1 is 1.50 bits per heavy atom. The number of nitrogens with zero attached hydrogens (tertiary/aromatic N) is 1. The highest BCUT2D eigenvalue weighted by molar-refractivity contribution is 7.38. The third kappa shape index (κ3) is 2.16. The lowest BCUT2D eigenvalue weighted by molar-refractivity contribution is -0.132. The molecule has 1 heterocycles. The largest absolute Gasteiger partial charge is 0.657 e. The van der Waals surface area contributed by atoms with Gasteiger partial charge in [0.05, 0.1) is 0 Å². The predicted octanol–water partition coefficient (Wildman–Crippen LogP) is 0.831. The zero-order valence-electron chi connectivity index (χ0n) is 7.60. The number of rotatable bonds is 3. The van der Waals surface area contributed by atoms with Crippen LogP contribution in [0.1, 0.15) is 19.8 Å². The van der Waals surface area contributed by atoms with Gasteiger partial charge in [-0.3, -0.25) is 9.59 Å². The van der Waals surface area contributed by atoms with E-state index in [1.165, 1.54) is 6.92 Å². The maximum atomic E-state index is 11.4. The Kier molecular flexibility index (Phi) is 3.34. The van der Waals surface area contributed by atoms with Crippen LogP contribution in [-0.4, -0.2) is 22.6 Å². The first kappa shape index (κ1) is 10.8. The molecule has 1 saturated heterocycles. The number of hydrogen-bond donors (Lipinski definition) is 0. The summed E-state index contributed by atoms with van der Waals surface area (Å²) in [6.07, 6.45) is 4.50. The van der Waals surface area contributed by atoms with Crippen molar-refractivity contribution in [1.29, 1.82) is 0 Å². The van der Waals surface area contributed by atoms with Gasteiger partial charge in [0.2, 0.25) is 0 Å². The Balaban J connectivity index is 2.65. The molecule has 0 saturated carbocycles. The van der Waals surface area contributed by atoms with Crippen LogP contribution in [0.2, 0.25) is 0 Å². The first-order valence-corrected chi connectivity index (χ1v) is 5.15. The van der Waals surface area contributed by atoms with Crippen LogP contribution in [0.15, 0.2) is 0 Å². The smallest absolute Gasteiger partial charge is 0.270 e. The molecular formula is C8H9NO4P+. The maximum absolute atomic E-state index is 11.4. The Labute approximate surface area is 82.3 Å². The van der Waals surface area contributed by atoms with E-state index < -0.39 is 26.1 Å². The molecule has 1 aliphatic rings. The number of amides is 2. The van der Waals surface area contributed by atoms with Gasteiger partial charge in [0.25, 0.3) is 11.8 Å². The Morgan fingerprint density at radius 3 is 2.43 bits per heavy atom. The third-order valence-corrected chi connectivity index (χ3v) is 2.94. The summed E-state index contributed by atoms with van der Waals surface area (Å²) in [4.78, 5) is 22.2. The molecular weight excluding hydrogens is 205 g/mol. The first-order chi connectivity index (χ1) is 6.56. The molecule has 1 rings (SSSR count). The average molecular weight is 214 g/mol. The fraction of sp³-hybridized carbons (Fsp3) is 0.500. The topological polar surface area (TPSA) is 63.7 Å². The van der Waals surface area contributed by atoms with Gasteiger partial charge in [0.15, 0.2) is 6.10 Å². The van der Waals surface area contributed by atoms with Crippen molar-refractivity contribution in [3.63, 3.8) is 0 Å². The summed E-state index contributed by atoms with van der Waals surface area (Å²) in [5.41, 5.74) is 0. The second kappa shape index (κ2) is 4.32. The number of carbonyl (C=O) groups excluding carboxylic acids is 2. The number of carbonyl (C=O) groups is 2. The lowest BCUT2D eigenvalue weighted by atomic mass is 10.4. The van der Waals surface area contributed by atoms with Crippen LogP contribution in [0.25, 0.3) is 0 Å². The van der Waals surface area contributed by atoms with E-state index in [1.807, 2.05) is 0 Å². The van der Waals surface area contributed by atoms with Crippen molar-refractivity contribution in [1.82, 2.24) is 4.67 Å². The second-order valence-corrected chi connectivity index (χ2v) is 3.84. The first-order valence-electron chi connectivity index (χ1n) is 4.02. The molecule has 1 fully saturated rings. The highest BCUT2D eigenvalue weighted by Crippen LogP contribution is 2.35. The summed E-state index contributed by atoms with van der Waals surface area (Å²) in [5, 5.41) is 0. The molecule has 14 heavy (non-hydrogen) atoms. The Bertz CT molecular complexity index is 317. The van der Waals surface area contributed by atoms with Crippen LogP contribution < -0.4 is 0 Å². The molecule has 0 spiro atoms. The quantitative estimate of drug-likeness (QED) is 0.396. The average Bonchev–Trinajstić information content (AvgIpc) is 2.46. The molecule has 0 bridgehead atoms. The summed E-state index contributed by atoms with van der Waals surface area (Å²) >= 11 is 0. The molecule has 0 N–H and O–H groups in total. The molecule has 1 aliphatic heterocycles. The van der Waals surface area contributed by atoms with Crippen molar-refractivity contribution in [3.8, 4) is 12.3 Å². The van der Waals surface area contributed by atoms with Crippen molar-refractivity contribution < 1.29 is 18.7 Å². The lowest BCUT2D eigenvalue weighted by Gasteiger charge is -1.99. The van der Waals surface area contributed by atoms with Gasteiger partial charge in [-0.25, -0.2) is 0 Å². The number of terminal acetylenes is 1. The van der Waals surface area contributed by atoms with Crippen LogP contribution >= 0.6 is 8.18 Å². The van der Waals surface area contributed by atoms with E-state index in [4.69, 9.17) is 10.9 Å². The van der Waals surface area contributed by atoms with E-state index in [2.05, 4.69) is 5.92 Å². The van der Waals surface area contributed by atoms with Crippen LogP contribution in [0.5, 0.6) is 0 Å². The van der Waals surface area contributed by atoms with Crippen molar-refractivity contribution >= 4 is 20.0 Å². The fourth-order valence-electron chi connectivity index (χ4n) is 0.960. The standard InChI is InChI=1S/C8H9NO4P/c1-3-6(2)13-14(12)9-7(10)4-5-8(9)11/h1,6H,4-5H2,2H3/q+1. The van der Waals surface area contributed by atoms with E-state index >= 15 is 0 Å². The third-order valence-electron chi connectivity index (χ3n) is 1.67. The van der Waals surface area contributed by atoms with E-state index in [1.54, 1.807) is 0 Å². The molecule has 2 unspecified atom stereocenters. The van der Waals surface area contributed by atoms with E-state index in [0.717, 1.165) is 0 Å². The Morgan fingerprint density at radius 2 is 2.00 bits per heavy atom. The predicted molar refractivity (Wildman–Crippen MR) is 48.1 cm³/mol. The molecule has 0 aromatic carbocycles. The fourth-order valence-corrected chi connectivity index (χ4v) is 1.95. The van der Waals surface area contributed by atoms with Gasteiger partial charge in [-0.1, -0.05) is 5.92 Å². The summed E-state index contributed by atoms with van der Waals surface area (Å²) in [7, 11) is -2.46. The van der Waals surface area contributed by atoms with Crippen molar-refractivity contribution in [2.75, 3.05) is 0 Å². The van der Waals surface area contributed by atoms with Crippen molar-refractivity contribution in [2.24, 2.45) is 0 Å². The van der Waals surface area contributed by atoms with Gasteiger partial charge >= 0.3 is 8.18 Å². The SMILES string of the molecule is C#CC(C)O[P+](=O)N1C(=O)CCC1=O. The molecule has 0 aromatic rings. The van der Waals surface area contributed by atoms with Gasteiger partial charge < -0.3 is 0 Å². The summed E-state index contributed by atoms with van der Waals surface area (Å²) in [6, 6.07) is 0. The molecule has 0 aliphatic carbocycles. The molecule has 6 heteroatoms. The zero-order valence-corrected chi connectivity index (χ0v) is 8.49. The summed E-state index contributed by atoms with van der Waals surface area (Å²) in [6.45, 7) is 1.51. The van der Waals surface area contributed by atoms with Gasteiger partial charge in [0.1, 0.15) is 0 Å². The molecule has 0 aromatic heterocycles. The molecule has 0 radical (unpaired) electrons. The number of imide groups is 1. The number of hydrogen-bond acceptors (Lipinski definition) is 4. The normalized spacial score (nSPS) is 19.4. The van der Waals surface area contributed by atoms with Gasteiger partial charge in [0, 0.05) is 12.8 Å². The van der Waals surface area contributed by atoms with E-state index in [-0.39, 0.29) is 12.8 Å². The maximum Gasteiger partial charge on any atom is 0.657 e. The van der Waals surface area contributed by atoms with Crippen molar-refractivity contribution in [3.05, 3.63) is 0 Å². The van der Waals surface area contributed by atoms with Crippen LogP contribution in [-0.2, 0) is 18.7 Å². The summed E-state index contributed by atoms with van der Waals surface area (Å²) < 4.78 is 16.8. The second-order valence-electron chi connectivity index (χ2n) is 2.75. The molecule has 2 amide bonds. The van der Waals surface area contributed by atoms with Gasteiger partial charge in [-0.15, -0.1) is 10.9 Å². The Hall–Kier alpha value is -1.24. The molecule has 5 nitrogen and oxygen atoms in total. The van der Waals surface area contributed by atoms with E-state index in [9.17, 15) is 14.2 Å². The van der Waals surface area contributed by atoms with Crippen LogP contribution in [0, 0.1) is 12.3 Å². The van der Waals surface area contributed by atoms with E-state index in [0.29, 0.717) is 4.67 Å². The highest BCUT2D eigenvalue weighted by Gasteiger charge is 2.46. The van der Waals surface area contributed by atoms with Gasteiger partial charge in [-0.05, 0) is 16.2 Å². The van der Waals surface area contributed by atoms with Crippen LogP contribution in [0.4, 0.5) is 0 Å². The van der Waals surface area contributed by atoms with Crippen molar-refractivity contribution in [2.45, 2.75) is 25.9 Å². The molecule has 2 atom stereocenters. The lowest BCUT2D eigenvalue weighted by Crippen LogP contribution is -2.22. The summed E-state index contributed by atoms with van der Waals surface area (Å²) in [5.74, 6) is 1.25. The minimum absolute atomic E-state index is 0.0910. The molecule has 74 valence electrons.